The summed E-state index contributed by atoms with van der Waals surface area (Å²) in [6.07, 6.45) is -3.49. The molecule has 1 saturated heterocycles. The predicted molar refractivity (Wildman–Crippen MR) is 112 cm³/mol. The van der Waals surface area contributed by atoms with E-state index < -0.39 is 42.2 Å². The number of aromatic nitrogens is 1. The molecule has 1 aliphatic heterocycles. The number of carbonyl (C=O) groups is 2. The van der Waals surface area contributed by atoms with E-state index in [1.165, 1.54) is 22.9 Å². The highest BCUT2D eigenvalue weighted by molar-refractivity contribution is 6.04. The minimum absolute atomic E-state index is 0.0168. The molecule has 2 aromatic carbocycles. The lowest BCUT2D eigenvalue weighted by Crippen LogP contribution is -2.55. The number of nitrogens with two attached hydrogens (primary N) is 1. The molecule has 34 heavy (non-hydrogen) atoms. The van der Waals surface area contributed by atoms with Crippen LogP contribution in [0.15, 0.2) is 40.9 Å². The monoisotopic (exact) mass is 481 g/mol. The van der Waals surface area contributed by atoms with Gasteiger partial charge in [-0.2, -0.15) is 8.78 Å². The van der Waals surface area contributed by atoms with Crippen LogP contribution in [-0.4, -0.2) is 48.9 Å². The Kier molecular flexibility index (Phi) is 6.30. The van der Waals surface area contributed by atoms with E-state index in [9.17, 15) is 27.9 Å². The predicted octanol–water partition coefficient (Wildman–Crippen LogP) is 1.31. The second-order valence-corrected chi connectivity index (χ2v) is 7.39. The maximum absolute atomic E-state index is 13.7. The van der Waals surface area contributed by atoms with E-state index in [-0.39, 0.29) is 24.5 Å². The number of fused-ring (bicyclic) bond motifs is 1. The van der Waals surface area contributed by atoms with Gasteiger partial charge < -0.3 is 29.3 Å². The highest BCUT2D eigenvalue weighted by Gasteiger charge is 2.39. The van der Waals surface area contributed by atoms with Gasteiger partial charge in [-0.15, -0.1) is 0 Å². The average molecular weight is 481 g/mol. The Morgan fingerprint density at radius 2 is 2.09 bits per heavy atom. The molecule has 2 unspecified atom stereocenters. The van der Waals surface area contributed by atoms with Crippen LogP contribution in [0.3, 0.4) is 0 Å². The Balaban J connectivity index is 1.49. The fraction of sp³-hybridized carbons (Fsp3) is 0.286. The standard InChI is InChI=1S/C21H19F3N4O6/c1-27-18(25)12-4-2-10(8-14(12)34-27)26-19(30)16(29)17-20(31)28(6-7-32-17)11-3-5-13(22)15(9-11)33-21(23)24/h2-5,8-9,16-17,21,29H,6-7H2,1H3,(H2,25,26,30)/p+1. The van der Waals surface area contributed by atoms with Crippen molar-refractivity contribution in [2.45, 2.75) is 18.8 Å². The number of aryl methyl sites for hydroxylation is 1. The number of morpholine rings is 1. The number of anilines is 3. The third-order valence-electron chi connectivity index (χ3n) is 5.22. The number of hydrogen-bond acceptors (Lipinski definition) is 7. The van der Waals surface area contributed by atoms with Crippen LogP contribution in [-0.2, 0) is 21.4 Å². The molecule has 4 N–H and O–H groups in total. The molecule has 2 heterocycles. The van der Waals surface area contributed by atoms with E-state index in [1.807, 2.05) is 0 Å². The number of halogens is 3. The van der Waals surface area contributed by atoms with E-state index in [0.717, 1.165) is 17.0 Å². The molecule has 1 aromatic heterocycles. The molecule has 0 spiro atoms. The highest BCUT2D eigenvalue weighted by Crippen LogP contribution is 2.28. The summed E-state index contributed by atoms with van der Waals surface area (Å²) in [7, 11) is 1.61. The van der Waals surface area contributed by atoms with Gasteiger partial charge in [0.1, 0.15) is 12.4 Å². The van der Waals surface area contributed by atoms with Gasteiger partial charge in [-0.25, -0.2) is 4.39 Å². The zero-order valence-corrected chi connectivity index (χ0v) is 17.7. The first-order valence-corrected chi connectivity index (χ1v) is 10.0. The zero-order chi connectivity index (χ0) is 24.6. The van der Waals surface area contributed by atoms with Crippen molar-refractivity contribution in [2.24, 2.45) is 7.05 Å². The Morgan fingerprint density at radius 3 is 2.82 bits per heavy atom. The van der Waals surface area contributed by atoms with Gasteiger partial charge in [0, 0.05) is 30.1 Å². The van der Waals surface area contributed by atoms with Crippen LogP contribution in [0.4, 0.5) is 30.4 Å². The van der Waals surface area contributed by atoms with Gasteiger partial charge in [-0.3, -0.25) is 15.3 Å². The molecule has 0 bridgehead atoms. The minimum Gasteiger partial charge on any atom is -0.432 e. The molecule has 180 valence electrons. The highest BCUT2D eigenvalue weighted by atomic mass is 19.3. The van der Waals surface area contributed by atoms with Gasteiger partial charge in [0.2, 0.25) is 0 Å². The van der Waals surface area contributed by atoms with Gasteiger partial charge in [0.15, 0.2) is 29.4 Å². The van der Waals surface area contributed by atoms with Gasteiger partial charge in [-0.1, -0.05) is 4.74 Å². The molecule has 0 aliphatic carbocycles. The summed E-state index contributed by atoms with van der Waals surface area (Å²) < 4.78 is 55.0. The van der Waals surface area contributed by atoms with E-state index in [0.29, 0.717) is 16.8 Å². The van der Waals surface area contributed by atoms with Gasteiger partial charge in [0.05, 0.1) is 6.61 Å². The number of amides is 2. The van der Waals surface area contributed by atoms with Gasteiger partial charge >= 0.3 is 12.4 Å². The Morgan fingerprint density at radius 1 is 1.32 bits per heavy atom. The topological polar surface area (TPSA) is 131 Å². The molecular formula is C21H20F3N4O6+. The smallest absolute Gasteiger partial charge is 0.387 e. The first kappa shape index (κ1) is 23.3. The third kappa shape index (κ3) is 4.47. The number of carbonyl (C=O) groups excluding carboxylic acids is 2. The van der Waals surface area contributed by atoms with Crippen LogP contribution in [0, 0.1) is 5.82 Å². The summed E-state index contributed by atoms with van der Waals surface area (Å²) in [6, 6.07) is 7.63. The van der Waals surface area contributed by atoms with E-state index >= 15 is 0 Å². The van der Waals surface area contributed by atoms with Crippen LogP contribution < -0.4 is 25.4 Å². The number of alkyl halides is 2. The number of benzene rings is 2. The maximum Gasteiger partial charge on any atom is 0.387 e. The van der Waals surface area contributed by atoms with Crippen LogP contribution >= 0.6 is 0 Å². The Labute approximate surface area is 190 Å². The Hall–Kier alpha value is -3.84. The summed E-state index contributed by atoms with van der Waals surface area (Å²) in [5, 5.41) is 13.6. The van der Waals surface area contributed by atoms with Crippen LogP contribution in [0.2, 0.25) is 0 Å². The molecule has 4 rings (SSSR count). The van der Waals surface area contributed by atoms with Crippen molar-refractivity contribution in [1.82, 2.24) is 0 Å². The molecule has 1 fully saturated rings. The molecule has 2 atom stereocenters. The number of nitrogen functional groups attached to an aromatic ring is 1. The largest absolute Gasteiger partial charge is 0.432 e. The van der Waals surface area contributed by atoms with Crippen molar-refractivity contribution in [3.05, 3.63) is 42.2 Å². The first-order chi connectivity index (χ1) is 16.2. The Bertz CT molecular complexity index is 1250. The quantitative estimate of drug-likeness (QED) is 0.453. The van der Waals surface area contributed by atoms with Crippen LogP contribution in [0.1, 0.15) is 0 Å². The number of rotatable bonds is 6. The molecule has 3 aromatic rings. The zero-order valence-electron chi connectivity index (χ0n) is 17.7. The van der Waals surface area contributed by atoms with Gasteiger partial charge in [-0.05, 0) is 24.3 Å². The number of ether oxygens (including phenoxy) is 2. The number of aliphatic hydroxyl groups is 1. The molecule has 10 nitrogen and oxygen atoms in total. The maximum atomic E-state index is 13.7. The van der Waals surface area contributed by atoms with Crippen molar-refractivity contribution < 1.29 is 46.6 Å². The van der Waals surface area contributed by atoms with E-state index in [2.05, 4.69) is 10.1 Å². The number of nitrogens with one attached hydrogen (secondary N) is 1. The first-order valence-electron chi connectivity index (χ1n) is 10.0. The average Bonchev–Trinajstić information content (AvgIpc) is 3.07. The minimum atomic E-state index is -3.26. The number of aliphatic hydroxyl groups excluding tert-OH is 1. The lowest BCUT2D eigenvalue weighted by Gasteiger charge is -2.34. The fourth-order valence-corrected chi connectivity index (χ4v) is 3.54. The van der Waals surface area contributed by atoms with Crippen molar-refractivity contribution in [3.8, 4) is 5.75 Å². The van der Waals surface area contributed by atoms with E-state index in [1.54, 1.807) is 13.1 Å². The van der Waals surface area contributed by atoms with Crippen LogP contribution in [0.5, 0.6) is 5.75 Å². The summed E-state index contributed by atoms with van der Waals surface area (Å²) in [4.78, 5) is 26.6. The van der Waals surface area contributed by atoms with Crippen molar-refractivity contribution in [1.29, 1.82) is 0 Å². The fourth-order valence-electron chi connectivity index (χ4n) is 3.54. The lowest BCUT2D eigenvalue weighted by atomic mass is 10.1. The summed E-state index contributed by atoms with van der Waals surface area (Å²) >= 11 is 0. The molecule has 13 heteroatoms. The lowest BCUT2D eigenvalue weighted by molar-refractivity contribution is -0.829. The van der Waals surface area contributed by atoms with Crippen molar-refractivity contribution in [2.75, 3.05) is 29.1 Å². The SMILES string of the molecule is C[n+]1oc2cc(NC(=O)C(O)C3OCCN(c4ccc(F)c(OC(F)F)c4)C3=O)ccc2c1N. The summed E-state index contributed by atoms with van der Waals surface area (Å²) in [5.74, 6) is -3.14. The number of hydrogen-bond donors (Lipinski definition) is 3. The molecular weight excluding hydrogens is 461 g/mol. The third-order valence-corrected chi connectivity index (χ3v) is 5.22. The van der Waals surface area contributed by atoms with Crippen molar-refractivity contribution >= 4 is 40.0 Å². The number of nitrogens with zero attached hydrogens (tertiary/aromatic N) is 2. The normalized spacial score (nSPS) is 17.3. The molecule has 2 amide bonds. The second kappa shape index (κ2) is 9.19. The summed E-state index contributed by atoms with van der Waals surface area (Å²) in [6.45, 7) is -3.35. The molecule has 1 aliphatic rings. The van der Waals surface area contributed by atoms with E-state index in [4.69, 9.17) is 15.0 Å². The van der Waals surface area contributed by atoms with Crippen LogP contribution in [0.25, 0.3) is 11.0 Å². The van der Waals surface area contributed by atoms with Crippen molar-refractivity contribution in [3.63, 3.8) is 0 Å². The summed E-state index contributed by atoms with van der Waals surface area (Å²) in [5.41, 5.74) is 6.58. The second-order valence-electron chi connectivity index (χ2n) is 7.39. The van der Waals surface area contributed by atoms with Gasteiger partial charge in [0.25, 0.3) is 11.8 Å². The molecule has 0 saturated carbocycles. The molecule has 0 radical (unpaired) electrons.